The molecule has 7 nitrogen and oxygen atoms in total. The fraction of sp³-hybridized carbons (Fsp3) is 0.529. The van der Waals surface area contributed by atoms with Gasteiger partial charge in [0.2, 0.25) is 11.7 Å². The molecule has 1 spiro atoms. The number of ether oxygens (including phenoxy) is 2. The van der Waals surface area contributed by atoms with E-state index in [0.717, 1.165) is 12.8 Å². The van der Waals surface area contributed by atoms with E-state index >= 15 is 0 Å². The summed E-state index contributed by atoms with van der Waals surface area (Å²) in [7, 11) is 0. The molecule has 4 heterocycles. The van der Waals surface area contributed by atoms with Crippen LogP contribution in [0.25, 0.3) is 0 Å². The minimum absolute atomic E-state index is 0.322. The smallest absolute Gasteiger partial charge is 0.218 e. The third kappa shape index (κ3) is 1.36. The molecule has 120 valence electrons. The zero-order chi connectivity index (χ0) is 17.0. The SMILES string of the molecule is N#CC1(C#N)[C@H]2CCCC[C@@]23OC(=N)[C@@]1(C#N)[C@H](c1ccco1)O3. The van der Waals surface area contributed by atoms with Gasteiger partial charge in [-0.15, -0.1) is 0 Å². The van der Waals surface area contributed by atoms with Crippen LogP contribution in [0.2, 0.25) is 0 Å². The Morgan fingerprint density at radius 3 is 2.58 bits per heavy atom. The van der Waals surface area contributed by atoms with Gasteiger partial charge in [-0.1, -0.05) is 6.42 Å². The van der Waals surface area contributed by atoms with Crippen molar-refractivity contribution in [1.82, 2.24) is 0 Å². The Labute approximate surface area is 138 Å². The standard InChI is InChI=1S/C17H14N4O3/c18-8-15(9-19)12-5-1-2-6-17(12)23-13(11-4-3-7-22-11)16(15,10-20)14(21)24-17/h3-4,7,12-13,21H,1-2,5-6H2/t12-,13+,16-,17-/m1/s1. The van der Waals surface area contributed by atoms with Crippen molar-refractivity contribution >= 4 is 5.90 Å². The summed E-state index contributed by atoms with van der Waals surface area (Å²) >= 11 is 0. The fourth-order valence-corrected chi connectivity index (χ4v) is 4.54. The van der Waals surface area contributed by atoms with Gasteiger partial charge in [-0.3, -0.25) is 5.41 Å². The molecule has 24 heavy (non-hydrogen) atoms. The van der Waals surface area contributed by atoms with Gasteiger partial charge in [0.15, 0.2) is 10.8 Å². The van der Waals surface area contributed by atoms with Crippen LogP contribution in [0.3, 0.4) is 0 Å². The minimum atomic E-state index is -1.85. The van der Waals surface area contributed by atoms with Gasteiger partial charge in [0.05, 0.1) is 30.4 Å². The first-order valence-corrected chi connectivity index (χ1v) is 7.83. The molecule has 4 fully saturated rings. The largest absolute Gasteiger partial charge is 0.467 e. The second-order valence-electron chi connectivity index (χ2n) is 6.51. The molecule has 0 unspecified atom stereocenters. The van der Waals surface area contributed by atoms with Gasteiger partial charge in [-0.2, -0.15) is 15.8 Å². The van der Waals surface area contributed by atoms with Crippen LogP contribution in [0.15, 0.2) is 22.8 Å². The Bertz CT molecular complexity index is 813. The Balaban J connectivity index is 2.03. The van der Waals surface area contributed by atoms with Crippen molar-refractivity contribution in [2.75, 3.05) is 0 Å². The van der Waals surface area contributed by atoms with Gasteiger partial charge in [-0.05, 0) is 25.0 Å². The molecule has 1 aromatic rings. The number of nitrogens with zero attached hydrogens (tertiary/aromatic N) is 3. The van der Waals surface area contributed by atoms with Gasteiger partial charge in [-0.25, -0.2) is 0 Å². The lowest BCUT2D eigenvalue weighted by Gasteiger charge is -2.63. The fourth-order valence-electron chi connectivity index (χ4n) is 4.54. The van der Waals surface area contributed by atoms with Crippen molar-refractivity contribution < 1.29 is 13.9 Å². The molecule has 2 bridgehead atoms. The van der Waals surface area contributed by atoms with E-state index in [1.807, 2.05) is 6.07 Å². The number of furan rings is 1. The van der Waals surface area contributed by atoms with E-state index in [2.05, 4.69) is 12.1 Å². The van der Waals surface area contributed by atoms with Gasteiger partial charge in [0, 0.05) is 6.42 Å². The molecule has 3 saturated heterocycles. The van der Waals surface area contributed by atoms with E-state index in [1.54, 1.807) is 12.1 Å². The molecule has 3 aliphatic heterocycles. The summed E-state index contributed by atoms with van der Waals surface area (Å²) in [6, 6.07) is 9.47. The van der Waals surface area contributed by atoms with Crippen LogP contribution in [-0.2, 0) is 9.47 Å². The highest BCUT2D eigenvalue weighted by Crippen LogP contribution is 2.69. The third-order valence-electron chi connectivity index (χ3n) is 5.62. The van der Waals surface area contributed by atoms with Crippen molar-refractivity contribution in [3.63, 3.8) is 0 Å². The third-order valence-corrected chi connectivity index (χ3v) is 5.62. The average Bonchev–Trinajstić information content (AvgIpc) is 3.14. The number of hydrogen-bond acceptors (Lipinski definition) is 7. The lowest BCUT2D eigenvalue weighted by atomic mass is 9.48. The van der Waals surface area contributed by atoms with E-state index in [-0.39, 0.29) is 5.90 Å². The molecule has 1 aliphatic carbocycles. The Hall–Kier alpha value is -2.82. The molecule has 0 radical (unpaired) electrons. The summed E-state index contributed by atoms with van der Waals surface area (Å²) in [6.07, 6.45) is 3.07. The minimum Gasteiger partial charge on any atom is -0.467 e. The quantitative estimate of drug-likeness (QED) is 0.846. The van der Waals surface area contributed by atoms with Crippen LogP contribution >= 0.6 is 0 Å². The number of fused-ring (bicyclic) bond motifs is 2. The maximum atomic E-state index is 10.00. The first-order valence-electron chi connectivity index (χ1n) is 7.83. The predicted molar refractivity (Wildman–Crippen MR) is 77.7 cm³/mol. The average molecular weight is 322 g/mol. The highest BCUT2D eigenvalue weighted by atomic mass is 16.7. The first kappa shape index (κ1) is 14.8. The summed E-state index contributed by atoms with van der Waals surface area (Å²) in [5.41, 5.74) is -3.56. The molecule has 1 saturated carbocycles. The highest BCUT2D eigenvalue weighted by molar-refractivity contribution is 5.88. The predicted octanol–water partition coefficient (Wildman–Crippen LogP) is 2.79. The molecule has 5 rings (SSSR count). The van der Waals surface area contributed by atoms with Crippen LogP contribution in [0.4, 0.5) is 0 Å². The lowest BCUT2D eigenvalue weighted by Crippen LogP contribution is -2.73. The van der Waals surface area contributed by atoms with Crippen LogP contribution in [0.1, 0.15) is 37.5 Å². The highest BCUT2D eigenvalue weighted by Gasteiger charge is 2.80. The van der Waals surface area contributed by atoms with E-state index in [4.69, 9.17) is 19.3 Å². The molecule has 7 heteroatoms. The van der Waals surface area contributed by atoms with Crippen molar-refractivity contribution in [3.8, 4) is 18.2 Å². The zero-order valence-corrected chi connectivity index (χ0v) is 12.8. The molecule has 4 aliphatic rings. The topological polar surface area (TPSA) is 127 Å². The van der Waals surface area contributed by atoms with Gasteiger partial charge < -0.3 is 13.9 Å². The van der Waals surface area contributed by atoms with E-state index in [1.165, 1.54) is 6.26 Å². The Morgan fingerprint density at radius 2 is 1.96 bits per heavy atom. The first-order chi connectivity index (χ1) is 11.6. The normalized spacial score (nSPS) is 39.0. The van der Waals surface area contributed by atoms with Crippen LogP contribution in [0, 0.1) is 56.2 Å². The molecule has 1 N–H and O–H groups in total. The number of rotatable bonds is 1. The lowest BCUT2D eigenvalue weighted by molar-refractivity contribution is -0.363. The molecule has 4 atom stereocenters. The number of hydrogen-bond donors (Lipinski definition) is 1. The molecule has 0 amide bonds. The maximum absolute atomic E-state index is 10.00. The summed E-state index contributed by atoms with van der Waals surface area (Å²) < 4.78 is 17.3. The van der Waals surface area contributed by atoms with E-state index in [0.29, 0.717) is 18.6 Å². The summed E-state index contributed by atoms with van der Waals surface area (Å²) in [5.74, 6) is -1.85. The second-order valence-corrected chi connectivity index (χ2v) is 6.51. The number of nitriles is 3. The van der Waals surface area contributed by atoms with E-state index < -0.39 is 28.6 Å². The Morgan fingerprint density at radius 1 is 1.17 bits per heavy atom. The monoisotopic (exact) mass is 322 g/mol. The van der Waals surface area contributed by atoms with Gasteiger partial charge in [0.25, 0.3) is 0 Å². The van der Waals surface area contributed by atoms with Gasteiger partial charge >= 0.3 is 0 Å². The molecule has 0 aromatic carbocycles. The molecular weight excluding hydrogens is 308 g/mol. The van der Waals surface area contributed by atoms with Crippen LogP contribution in [-0.4, -0.2) is 11.7 Å². The second kappa shape index (κ2) is 4.60. The van der Waals surface area contributed by atoms with Crippen molar-refractivity contribution in [3.05, 3.63) is 24.2 Å². The van der Waals surface area contributed by atoms with Crippen LogP contribution in [0.5, 0.6) is 0 Å². The molecular formula is C17H14N4O3. The number of nitrogens with one attached hydrogen (secondary N) is 1. The Kier molecular flexibility index (Phi) is 2.83. The molecule has 1 aromatic heterocycles. The van der Waals surface area contributed by atoms with Crippen molar-refractivity contribution in [1.29, 1.82) is 21.2 Å². The summed E-state index contributed by atoms with van der Waals surface area (Å²) in [4.78, 5) is 0. The zero-order valence-electron chi connectivity index (χ0n) is 12.8. The summed E-state index contributed by atoms with van der Waals surface area (Å²) in [6.45, 7) is 0. The maximum Gasteiger partial charge on any atom is 0.218 e. The van der Waals surface area contributed by atoms with Crippen LogP contribution < -0.4 is 0 Å². The summed E-state index contributed by atoms with van der Waals surface area (Å²) in [5, 5.41) is 38.3. The van der Waals surface area contributed by atoms with Crippen molar-refractivity contribution in [2.45, 2.75) is 37.6 Å². The van der Waals surface area contributed by atoms with Crippen molar-refractivity contribution in [2.24, 2.45) is 16.7 Å². The van der Waals surface area contributed by atoms with E-state index in [9.17, 15) is 15.8 Å². The van der Waals surface area contributed by atoms with Gasteiger partial charge in [0.1, 0.15) is 11.9 Å².